The van der Waals surface area contributed by atoms with Crippen LogP contribution in [0.4, 0.5) is 0 Å². The highest BCUT2D eigenvalue weighted by atomic mass is 32.1. The minimum atomic E-state index is 0.683. The van der Waals surface area contributed by atoms with Crippen LogP contribution in [0, 0.1) is 0 Å². The molecule has 9 aromatic rings. The van der Waals surface area contributed by atoms with E-state index in [0.29, 0.717) is 5.82 Å². The third-order valence-corrected chi connectivity index (χ3v) is 10.2. The zero-order valence-corrected chi connectivity index (χ0v) is 27.3. The van der Waals surface area contributed by atoms with Gasteiger partial charge in [0.15, 0.2) is 5.82 Å². The number of hydrogen-bond acceptors (Lipinski definition) is 4. The van der Waals surface area contributed by atoms with E-state index < -0.39 is 0 Å². The van der Waals surface area contributed by atoms with Gasteiger partial charge < -0.3 is 0 Å². The van der Waals surface area contributed by atoms with Gasteiger partial charge in [0.25, 0.3) is 0 Å². The van der Waals surface area contributed by atoms with Crippen LogP contribution in [0.5, 0.6) is 0 Å². The molecule has 0 amide bonds. The lowest BCUT2D eigenvalue weighted by Gasteiger charge is -2.13. The molecule has 3 heterocycles. The van der Waals surface area contributed by atoms with Gasteiger partial charge in [0.2, 0.25) is 0 Å². The first kappa shape index (κ1) is 29.0. The van der Waals surface area contributed by atoms with E-state index in [-0.39, 0.29) is 0 Å². The van der Waals surface area contributed by atoms with E-state index in [1.807, 2.05) is 35.7 Å². The zero-order chi connectivity index (χ0) is 32.6. The number of aromatic nitrogens is 3. The van der Waals surface area contributed by atoms with Crippen LogP contribution in [0.25, 0.3) is 87.5 Å². The van der Waals surface area contributed by atoms with Crippen LogP contribution < -0.4 is 0 Å². The van der Waals surface area contributed by atoms with Crippen LogP contribution in [0.15, 0.2) is 176 Å². The molecule has 0 saturated heterocycles. The molecule has 0 spiro atoms. The fraction of sp³-hybridized carbons (Fsp3) is 0. The van der Waals surface area contributed by atoms with E-state index >= 15 is 0 Å². The van der Waals surface area contributed by atoms with Crippen molar-refractivity contribution < 1.29 is 0 Å². The minimum Gasteiger partial charge on any atom is -0.264 e. The van der Waals surface area contributed by atoms with Gasteiger partial charge in [-0.2, -0.15) is 0 Å². The molecule has 0 fully saturated rings. The van der Waals surface area contributed by atoms with Gasteiger partial charge in [-0.1, -0.05) is 133 Å². The third-order valence-electron chi connectivity index (χ3n) is 9.05. The maximum Gasteiger partial charge on any atom is 0.161 e. The van der Waals surface area contributed by atoms with Crippen LogP contribution in [0.3, 0.4) is 0 Å². The molecule has 0 atom stereocenters. The van der Waals surface area contributed by atoms with Crippen LogP contribution in [0.1, 0.15) is 0 Å². The molecule has 49 heavy (non-hydrogen) atoms. The Hall–Kier alpha value is -6.23. The number of nitrogens with zero attached hydrogens (tertiary/aromatic N) is 3. The first-order chi connectivity index (χ1) is 24.3. The highest BCUT2D eigenvalue weighted by Gasteiger charge is 2.16. The van der Waals surface area contributed by atoms with Crippen LogP contribution in [0.2, 0.25) is 0 Å². The van der Waals surface area contributed by atoms with Gasteiger partial charge >= 0.3 is 0 Å². The van der Waals surface area contributed by atoms with Crippen molar-refractivity contribution in [3.63, 3.8) is 0 Å². The Morgan fingerprint density at radius 1 is 0.367 bits per heavy atom. The molecule has 0 radical (unpaired) electrons. The smallest absolute Gasteiger partial charge is 0.161 e. The zero-order valence-electron chi connectivity index (χ0n) is 26.5. The third kappa shape index (κ3) is 5.58. The predicted molar refractivity (Wildman–Crippen MR) is 205 cm³/mol. The Morgan fingerprint density at radius 3 is 1.63 bits per heavy atom. The topological polar surface area (TPSA) is 38.7 Å². The fourth-order valence-electron chi connectivity index (χ4n) is 6.52. The number of rotatable bonds is 6. The quantitative estimate of drug-likeness (QED) is 0.181. The highest BCUT2D eigenvalue weighted by Crippen LogP contribution is 2.38. The Balaban J connectivity index is 1.15. The van der Waals surface area contributed by atoms with E-state index in [2.05, 4.69) is 151 Å². The second kappa shape index (κ2) is 12.4. The van der Waals surface area contributed by atoms with E-state index in [0.717, 1.165) is 44.8 Å². The summed E-state index contributed by atoms with van der Waals surface area (Å²) in [5.74, 6) is 0.683. The van der Waals surface area contributed by atoms with Gasteiger partial charge in [0, 0.05) is 54.8 Å². The summed E-state index contributed by atoms with van der Waals surface area (Å²) in [6, 6.07) is 57.7. The lowest BCUT2D eigenvalue weighted by Crippen LogP contribution is -1.97. The van der Waals surface area contributed by atoms with Gasteiger partial charge in [-0.05, 0) is 58.1 Å². The van der Waals surface area contributed by atoms with Gasteiger partial charge in [-0.25, -0.2) is 9.97 Å². The molecular weight excluding hydrogens is 615 g/mol. The lowest BCUT2D eigenvalue weighted by molar-refractivity contribution is 1.18. The molecule has 0 bridgehead atoms. The standard InChI is InChI=1S/C45H29N3S/c1-2-9-30(10-3-1)31-16-18-32(19-17-31)33-20-22-34(23-21-33)41-28-42(35-24-25-44-40(27-35)38-13-6-7-15-43(38)49-44)48-45(47-41)39-14-5-4-12-37(39)36-11-8-26-46-29-36/h1-29H. The normalized spacial score (nSPS) is 11.3. The summed E-state index contributed by atoms with van der Waals surface area (Å²) in [6.07, 6.45) is 3.69. The Labute approximate surface area is 288 Å². The average Bonchev–Trinajstić information content (AvgIpc) is 3.57. The van der Waals surface area contributed by atoms with Crippen molar-refractivity contribution in [3.8, 4) is 67.3 Å². The summed E-state index contributed by atoms with van der Waals surface area (Å²) >= 11 is 1.83. The Bertz CT molecular complexity index is 2570. The van der Waals surface area contributed by atoms with E-state index in [9.17, 15) is 0 Å². The van der Waals surface area contributed by atoms with Crippen molar-refractivity contribution in [1.82, 2.24) is 15.0 Å². The summed E-state index contributed by atoms with van der Waals surface area (Å²) < 4.78 is 2.56. The first-order valence-electron chi connectivity index (χ1n) is 16.3. The van der Waals surface area contributed by atoms with Crippen LogP contribution in [-0.4, -0.2) is 15.0 Å². The summed E-state index contributed by atoms with van der Waals surface area (Å²) in [4.78, 5) is 14.8. The van der Waals surface area contributed by atoms with Gasteiger partial charge in [0.1, 0.15) is 0 Å². The molecule has 230 valence electrons. The lowest BCUT2D eigenvalue weighted by atomic mass is 9.98. The number of fused-ring (bicyclic) bond motifs is 3. The number of thiophene rings is 1. The molecule has 0 aliphatic carbocycles. The van der Waals surface area contributed by atoms with Crippen molar-refractivity contribution in [3.05, 3.63) is 176 Å². The molecule has 4 heteroatoms. The SMILES string of the molecule is c1ccc(-c2ccc(-c3ccc(-c4cc(-c5ccc6sc7ccccc7c6c5)nc(-c5ccccc5-c5cccnc5)n4)cc3)cc2)cc1. The summed E-state index contributed by atoms with van der Waals surface area (Å²) in [5.41, 5.74) is 11.7. The van der Waals surface area contributed by atoms with Gasteiger partial charge in [-0.15, -0.1) is 11.3 Å². The largest absolute Gasteiger partial charge is 0.264 e. The second-order valence-electron chi connectivity index (χ2n) is 12.1. The molecule has 9 rings (SSSR count). The van der Waals surface area contributed by atoms with E-state index in [1.165, 1.54) is 36.9 Å². The van der Waals surface area contributed by atoms with Crippen molar-refractivity contribution in [2.24, 2.45) is 0 Å². The van der Waals surface area contributed by atoms with E-state index in [1.54, 1.807) is 6.20 Å². The molecule has 3 nitrogen and oxygen atoms in total. The van der Waals surface area contributed by atoms with Gasteiger partial charge in [-0.3, -0.25) is 4.98 Å². The fourth-order valence-corrected chi connectivity index (χ4v) is 7.61. The molecule has 0 N–H and O–H groups in total. The molecule has 0 aliphatic heterocycles. The maximum atomic E-state index is 5.23. The summed E-state index contributed by atoms with van der Waals surface area (Å²) in [5, 5.41) is 2.52. The monoisotopic (exact) mass is 643 g/mol. The van der Waals surface area contributed by atoms with Crippen molar-refractivity contribution in [2.45, 2.75) is 0 Å². The van der Waals surface area contributed by atoms with Crippen molar-refractivity contribution >= 4 is 31.5 Å². The second-order valence-corrected chi connectivity index (χ2v) is 13.2. The molecular formula is C45H29N3S. The number of benzene rings is 6. The predicted octanol–water partition coefficient (Wildman–Crippen LogP) is 12.2. The van der Waals surface area contributed by atoms with Crippen molar-refractivity contribution in [1.29, 1.82) is 0 Å². The maximum absolute atomic E-state index is 5.23. The number of pyridine rings is 1. The summed E-state index contributed by atoms with van der Waals surface area (Å²) in [6.45, 7) is 0. The molecule has 0 aliphatic rings. The Morgan fingerprint density at radius 2 is 0.918 bits per heavy atom. The number of hydrogen-bond donors (Lipinski definition) is 0. The van der Waals surface area contributed by atoms with Gasteiger partial charge in [0.05, 0.1) is 11.4 Å². The first-order valence-corrected chi connectivity index (χ1v) is 17.2. The Kier molecular flexibility index (Phi) is 7.34. The average molecular weight is 644 g/mol. The van der Waals surface area contributed by atoms with Crippen LogP contribution in [-0.2, 0) is 0 Å². The molecule has 3 aromatic heterocycles. The van der Waals surface area contributed by atoms with Crippen LogP contribution >= 0.6 is 11.3 Å². The molecule has 0 saturated carbocycles. The summed E-state index contributed by atoms with van der Waals surface area (Å²) in [7, 11) is 0. The van der Waals surface area contributed by atoms with E-state index in [4.69, 9.17) is 9.97 Å². The minimum absolute atomic E-state index is 0.683. The highest BCUT2D eigenvalue weighted by molar-refractivity contribution is 7.25. The van der Waals surface area contributed by atoms with Crippen molar-refractivity contribution in [2.75, 3.05) is 0 Å². The molecule has 6 aromatic carbocycles. The molecule has 0 unspecified atom stereocenters.